The number of hydrogen-bond acceptors (Lipinski definition) is 1. The van der Waals surface area contributed by atoms with E-state index in [1.807, 2.05) is 0 Å². The fraction of sp³-hybridized carbons (Fsp3) is 0.684. The van der Waals surface area contributed by atoms with Crippen molar-refractivity contribution < 1.29 is 13.5 Å². The van der Waals surface area contributed by atoms with Gasteiger partial charge in [-0.25, -0.2) is 4.39 Å². The Kier molecular flexibility index (Phi) is 6.66. The maximum atomic E-state index is 14.0. The standard InChI is InChI=1S/C19H28F2O/c1-3-5-14-6-8-15(9-7-14)10-11-16-12-13-17(22-4-2)19(21)18(16)20/h12-15H,3-11H2,1-2H3/t14-,15-. The maximum absolute atomic E-state index is 14.0. The minimum atomic E-state index is -0.842. The number of rotatable bonds is 7. The molecule has 0 heterocycles. The first-order chi connectivity index (χ1) is 10.7. The van der Waals surface area contributed by atoms with Gasteiger partial charge in [0.1, 0.15) is 0 Å². The largest absolute Gasteiger partial charge is 0.491 e. The van der Waals surface area contributed by atoms with Gasteiger partial charge in [-0.1, -0.05) is 51.5 Å². The van der Waals surface area contributed by atoms with E-state index >= 15 is 0 Å². The molecule has 0 atom stereocenters. The zero-order valence-electron chi connectivity index (χ0n) is 13.8. The molecular formula is C19H28F2O. The van der Waals surface area contributed by atoms with Crippen molar-refractivity contribution in [2.24, 2.45) is 11.8 Å². The van der Waals surface area contributed by atoms with Crippen LogP contribution in [0.2, 0.25) is 0 Å². The number of benzene rings is 1. The van der Waals surface area contributed by atoms with Gasteiger partial charge >= 0.3 is 0 Å². The molecule has 1 aromatic carbocycles. The van der Waals surface area contributed by atoms with Crippen molar-refractivity contribution in [2.75, 3.05) is 6.61 Å². The molecule has 1 saturated carbocycles. The Bertz CT molecular complexity index is 465. The molecule has 0 N–H and O–H groups in total. The normalized spacial score (nSPS) is 21.8. The quantitative estimate of drug-likeness (QED) is 0.609. The van der Waals surface area contributed by atoms with E-state index in [1.54, 1.807) is 19.1 Å². The van der Waals surface area contributed by atoms with Crippen LogP contribution in [0.25, 0.3) is 0 Å². The third-order valence-corrected chi connectivity index (χ3v) is 4.91. The fourth-order valence-electron chi connectivity index (χ4n) is 3.61. The molecule has 1 aliphatic carbocycles. The number of hydrogen-bond donors (Lipinski definition) is 0. The summed E-state index contributed by atoms with van der Waals surface area (Å²) in [5.74, 6) is 0.00323. The lowest BCUT2D eigenvalue weighted by atomic mass is 9.78. The van der Waals surface area contributed by atoms with Gasteiger partial charge in [-0.3, -0.25) is 0 Å². The van der Waals surface area contributed by atoms with Gasteiger partial charge in [0.05, 0.1) is 6.61 Å². The summed E-state index contributed by atoms with van der Waals surface area (Å²) in [6, 6.07) is 3.22. The molecule has 2 rings (SSSR count). The van der Waals surface area contributed by atoms with Crippen LogP contribution in [0, 0.1) is 23.5 Å². The summed E-state index contributed by atoms with van der Waals surface area (Å²) < 4.78 is 33.0. The molecule has 3 heteroatoms. The Morgan fingerprint density at radius 1 is 0.955 bits per heavy atom. The fourth-order valence-corrected chi connectivity index (χ4v) is 3.61. The third kappa shape index (κ3) is 4.44. The molecule has 0 spiro atoms. The molecule has 22 heavy (non-hydrogen) atoms. The van der Waals surface area contributed by atoms with E-state index in [9.17, 15) is 8.78 Å². The minimum Gasteiger partial charge on any atom is -0.491 e. The van der Waals surface area contributed by atoms with Crippen LogP contribution in [-0.4, -0.2) is 6.61 Å². The molecule has 1 aromatic rings. The first-order valence-corrected chi connectivity index (χ1v) is 8.75. The van der Waals surface area contributed by atoms with E-state index in [2.05, 4.69) is 6.92 Å². The van der Waals surface area contributed by atoms with Gasteiger partial charge in [0.15, 0.2) is 11.6 Å². The smallest absolute Gasteiger partial charge is 0.200 e. The average molecular weight is 310 g/mol. The van der Waals surface area contributed by atoms with Crippen LogP contribution in [0.4, 0.5) is 8.78 Å². The van der Waals surface area contributed by atoms with Crippen LogP contribution in [0.5, 0.6) is 5.75 Å². The molecule has 1 nitrogen and oxygen atoms in total. The van der Waals surface area contributed by atoms with Crippen molar-refractivity contribution in [3.05, 3.63) is 29.3 Å². The molecule has 0 aliphatic heterocycles. The number of aryl methyl sites for hydroxylation is 1. The maximum Gasteiger partial charge on any atom is 0.200 e. The summed E-state index contributed by atoms with van der Waals surface area (Å²) in [5, 5.41) is 0. The van der Waals surface area contributed by atoms with Crippen LogP contribution in [0.1, 0.15) is 64.4 Å². The molecule has 0 bridgehead atoms. The van der Waals surface area contributed by atoms with E-state index in [0.29, 0.717) is 24.5 Å². The second-order valence-electron chi connectivity index (χ2n) is 6.50. The molecule has 0 aromatic heterocycles. The van der Waals surface area contributed by atoms with Crippen molar-refractivity contribution in [3.63, 3.8) is 0 Å². The lowest BCUT2D eigenvalue weighted by Gasteiger charge is -2.28. The molecule has 0 amide bonds. The molecule has 1 aliphatic rings. The summed E-state index contributed by atoms with van der Waals surface area (Å²) >= 11 is 0. The van der Waals surface area contributed by atoms with Gasteiger partial charge in [-0.15, -0.1) is 0 Å². The highest BCUT2D eigenvalue weighted by Crippen LogP contribution is 2.34. The topological polar surface area (TPSA) is 9.23 Å². The van der Waals surface area contributed by atoms with Crippen molar-refractivity contribution in [1.82, 2.24) is 0 Å². The summed E-state index contributed by atoms with van der Waals surface area (Å²) in [6.45, 7) is 4.35. The van der Waals surface area contributed by atoms with Crippen LogP contribution in [0.15, 0.2) is 12.1 Å². The summed E-state index contributed by atoms with van der Waals surface area (Å²) in [5.41, 5.74) is 0.483. The SMILES string of the molecule is CCC[C@H]1CC[C@H](CCc2ccc(OCC)c(F)c2F)CC1. The predicted octanol–water partition coefficient (Wildman–Crippen LogP) is 5.90. The monoisotopic (exact) mass is 310 g/mol. The predicted molar refractivity (Wildman–Crippen MR) is 86.2 cm³/mol. The van der Waals surface area contributed by atoms with E-state index < -0.39 is 11.6 Å². The van der Waals surface area contributed by atoms with Crippen molar-refractivity contribution in [2.45, 2.75) is 65.2 Å². The Morgan fingerprint density at radius 3 is 2.18 bits per heavy atom. The second kappa shape index (κ2) is 8.50. The average Bonchev–Trinajstić information content (AvgIpc) is 2.53. The highest BCUT2D eigenvalue weighted by molar-refractivity contribution is 5.31. The molecule has 0 radical (unpaired) electrons. The van der Waals surface area contributed by atoms with E-state index in [-0.39, 0.29) is 5.75 Å². The molecule has 0 unspecified atom stereocenters. The Balaban J connectivity index is 1.86. The van der Waals surface area contributed by atoms with Gasteiger partial charge in [-0.05, 0) is 43.2 Å². The van der Waals surface area contributed by atoms with Crippen LogP contribution >= 0.6 is 0 Å². The van der Waals surface area contributed by atoms with E-state index in [1.165, 1.54) is 38.5 Å². The van der Waals surface area contributed by atoms with E-state index in [4.69, 9.17) is 4.74 Å². The number of halogens is 2. The van der Waals surface area contributed by atoms with Crippen LogP contribution < -0.4 is 4.74 Å². The zero-order chi connectivity index (χ0) is 15.9. The van der Waals surface area contributed by atoms with Gasteiger partial charge in [-0.2, -0.15) is 4.39 Å². The summed E-state index contributed by atoms with van der Waals surface area (Å²) in [7, 11) is 0. The Labute approximate surface area is 133 Å². The minimum absolute atomic E-state index is 0.0174. The van der Waals surface area contributed by atoms with Crippen molar-refractivity contribution in [3.8, 4) is 5.75 Å². The van der Waals surface area contributed by atoms with Gasteiger partial charge in [0, 0.05) is 0 Å². The second-order valence-corrected chi connectivity index (χ2v) is 6.50. The van der Waals surface area contributed by atoms with Crippen LogP contribution in [-0.2, 0) is 6.42 Å². The third-order valence-electron chi connectivity index (χ3n) is 4.91. The first kappa shape index (κ1) is 17.2. The molecule has 1 fully saturated rings. The molecule has 0 saturated heterocycles. The number of ether oxygens (including phenoxy) is 1. The Hall–Kier alpha value is -1.12. The lowest BCUT2D eigenvalue weighted by molar-refractivity contribution is 0.251. The van der Waals surface area contributed by atoms with Crippen molar-refractivity contribution >= 4 is 0 Å². The summed E-state index contributed by atoms with van der Waals surface area (Å²) in [6.07, 6.45) is 9.29. The van der Waals surface area contributed by atoms with E-state index in [0.717, 1.165) is 12.3 Å². The first-order valence-electron chi connectivity index (χ1n) is 8.75. The van der Waals surface area contributed by atoms with Gasteiger partial charge in [0.2, 0.25) is 5.82 Å². The zero-order valence-corrected chi connectivity index (χ0v) is 13.8. The van der Waals surface area contributed by atoms with Crippen LogP contribution in [0.3, 0.4) is 0 Å². The highest BCUT2D eigenvalue weighted by Gasteiger charge is 2.21. The van der Waals surface area contributed by atoms with Crippen molar-refractivity contribution in [1.29, 1.82) is 0 Å². The summed E-state index contributed by atoms with van der Waals surface area (Å²) in [4.78, 5) is 0. The van der Waals surface area contributed by atoms with Gasteiger partial charge < -0.3 is 4.74 Å². The lowest BCUT2D eigenvalue weighted by Crippen LogP contribution is -2.15. The Morgan fingerprint density at radius 2 is 1.59 bits per heavy atom. The molecular weight excluding hydrogens is 282 g/mol. The highest BCUT2D eigenvalue weighted by atomic mass is 19.2. The molecule has 124 valence electrons. The van der Waals surface area contributed by atoms with Gasteiger partial charge in [0.25, 0.3) is 0 Å².